The Labute approximate surface area is 152 Å². The van der Waals surface area contributed by atoms with Crippen molar-refractivity contribution in [3.05, 3.63) is 42.2 Å². The Bertz CT molecular complexity index is 941. The fraction of sp³-hybridized carbons (Fsp3) is 0.474. The molecule has 0 amide bonds. The van der Waals surface area contributed by atoms with Gasteiger partial charge in [0.15, 0.2) is 11.5 Å². The fourth-order valence-corrected chi connectivity index (χ4v) is 3.62. The standard InChI is InChI=1S/C19H24N6O/c1-13(2)15-11-17(25-16(22-15)6-7-21-25)24-9-4-5-14(12-24)18(26)19-20-8-10-23(19)3/h6-8,10-11,13-14H,4-5,9,12H2,1-3H3. The largest absolute Gasteiger partial charge is 0.356 e. The lowest BCUT2D eigenvalue weighted by Gasteiger charge is -2.33. The number of aromatic nitrogens is 5. The van der Waals surface area contributed by atoms with E-state index in [1.54, 1.807) is 17.0 Å². The third kappa shape index (κ3) is 2.87. The minimum Gasteiger partial charge on any atom is -0.356 e. The van der Waals surface area contributed by atoms with E-state index >= 15 is 0 Å². The molecule has 0 saturated carbocycles. The van der Waals surface area contributed by atoms with E-state index < -0.39 is 0 Å². The van der Waals surface area contributed by atoms with Crippen LogP contribution in [-0.2, 0) is 7.05 Å². The number of imidazole rings is 1. The van der Waals surface area contributed by atoms with Crippen molar-refractivity contribution in [3.63, 3.8) is 0 Å². The van der Waals surface area contributed by atoms with E-state index in [4.69, 9.17) is 4.98 Å². The molecule has 1 fully saturated rings. The average molecular weight is 352 g/mol. The van der Waals surface area contributed by atoms with Gasteiger partial charge in [-0.15, -0.1) is 0 Å². The number of rotatable bonds is 4. The molecule has 4 heterocycles. The quantitative estimate of drug-likeness (QED) is 0.675. The fourth-order valence-electron chi connectivity index (χ4n) is 3.62. The highest BCUT2D eigenvalue weighted by Gasteiger charge is 2.30. The molecule has 1 atom stereocenters. The summed E-state index contributed by atoms with van der Waals surface area (Å²) in [6.07, 6.45) is 7.14. The SMILES string of the molecule is CC(C)c1cc(N2CCCC(C(=O)c3nccn3C)C2)n2nccc2n1. The van der Waals surface area contributed by atoms with E-state index in [9.17, 15) is 4.79 Å². The first-order chi connectivity index (χ1) is 12.5. The lowest BCUT2D eigenvalue weighted by molar-refractivity contribution is 0.0893. The summed E-state index contributed by atoms with van der Waals surface area (Å²) in [5, 5.41) is 4.44. The molecular formula is C19H24N6O. The Kier molecular flexibility index (Phi) is 4.22. The summed E-state index contributed by atoms with van der Waals surface area (Å²) in [7, 11) is 1.87. The van der Waals surface area contributed by atoms with Crippen LogP contribution in [0.5, 0.6) is 0 Å². The number of fused-ring (bicyclic) bond motifs is 1. The summed E-state index contributed by atoms with van der Waals surface area (Å²) in [4.78, 5) is 24.1. The predicted molar refractivity (Wildman–Crippen MR) is 99.6 cm³/mol. The summed E-state index contributed by atoms with van der Waals surface area (Å²) in [5.41, 5.74) is 1.90. The molecule has 0 spiro atoms. The van der Waals surface area contributed by atoms with Gasteiger partial charge in [-0.25, -0.2) is 9.97 Å². The van der Waals surface area contributed by atoms with Crippen LogP contribution in [0.2, 0.25) is 0 Å². The molecule has 0 radical (unpaired) electrons. The van der Waals surface area contributed by atoms with Crippen LogP contribution in [0.4, 0.5) is 5.82 Å². The number of carbonyl (C=O) groups is 1. The number of ketones is 1. The second-order valence-electron chi connectivity index (χ2n) is 7.31. The Morgan fingerprint density at radius 3 is 2.88 bits per heavy atom. The van der Waals surface area contributed by atoms with Gasteiger partial charge in [-0.2, -0.15) is 9.61 Å². The molecule has 1 unspecified atom stereocenters. The topological polar surface area (TPSA) is 68.3 Å². The molecule has 26 heavy (non-hydrogen) atoms. The molecule has 7 heteroatoms. The maximum atomic E-state index is 12.9. The van der Waals surface area contributed by atoms with Crippen molar-refractivity contribution in [2.45, 2.75) is 32.6 Å². The van der Waals surface area contributed by atoms with Gasteiger partial charge in [-0.3, -0.25) is 4.79 Å². The van der Waals surface area contributed by atoms with E-state index in [0.717, 1.165) is 36.5 Å². The minimum atomic E-state index is -0.0499. The van der Waals surface area contributed by atoms with Gasteiger partial charge in [-0.05, 0) is 18.8 Å². The van der Waals surface area contributed by atoms with Crippen molar-refractivity contribution >= 4 is 17.2 Å². The summed E-state index contributed by atoms with van der Waals surface area (Å²) in [6.45, 7) is 5.88. The van der Waals surface area contributed by atoms with E-state index in [1.807, 2.05) is 23.8 Å². The summed E-state index contributed by atoms with van der Waals surface area (Å²) < 4.78 is 3.68. The number of carbonyl (C=O) groups excluding carboxylic acids is 1. The molecule has 1 aliphatic heterocycles. The molecule has 1 saturated heterocycles. The maximum Gasteiger partial charge on any atom is 0.203 e. The number of Topliss-reactive ketones (excluding diaryl/α,β-unsaturated/α-hetero) is 1. The molecule has 7 nitrogen and oxygen atoms in total. The lowest BCUT2D eigenvalue weighted by Crippen LogP contribution is -2.40. The Morgan fingerprint density at radius 1 is 1.31 bits per heavy atom. The monoisotopic (exact) mass is 352 g/mol. The van der Waals surface area contributed by atoms with Crippen molar-refractivity contribution < 1.29 is 4.79 Å². The van der Waals surface area contributed by atoms with Crippen LogP contribution < -0.4 is 4.90 Å². The van der Waals surface area contributed by atoms with Crippen molar-refractivity contribution in [2.75, 3.05) is 18.0 Å². The third-order valence-electron chi connectivity index (χ3n) is 5.11. The Hall–Kier alpha value is -2.70. The highest BCUT2D eigenvalue weighted by atomic mass is 16.1. The first-order valence-corrected chi connectivity index (χ1v) is 9.15. The molecule has 0 N–H and O–H groups in total. The van der Waals surface area contributed by atoms with E-state index in [1.165, 1.54) is 0 Å². The van der Waals surface area contributed by atoms with Gasteiger partial charge in [0.05, 0.1) is 6.20 Å². The molecule has 0 aliphatic carbocycles. The van der Waals surface area contributed by atoms with Crippen molar-refractivity contribution in [1.29, 1.82) is 0 Å². The zero-order valence-corrected chi connectivity index (χ0v) is 15.5. The average Bonchev–Trinajstić information content (AvgIpc) is 3.28. The number of piperidine rings is 1. The zero-order chi connectivity index (χ0) is 18.3. The van der Waals surface area contributed by atoms with Crippen molar-refractivity contribution in [1.82, 2.24) is 24.1 Å². The van der Waals surface area contributed by atoms with Crippen molar-refractivity contribution in [2.24, 2.45) is 13.0 Å². The molecule has 4 rings (SSSR count). The van der Waals surface area contributed by atoms with Crippen LogP contribution in [-0.4, -0.2) is 43.0 Å². The number of aryl methyl sites for hydroxylation is 1. The van der Waals surface area contributed by atoms with Gasteiger partial charge in [0.25, 0.3) is 0 Å². The van der Waals surface area contributed by atoms with E-state index in [-0.39, 0.29) is 11.7 Å². The molecule has 0 aromatic carbocycles. The molecule has 3 aromatic rings. The minimum absolute atomic E-state index is 0.0499. The number of hydrogen-bond acceptors (Lipinski definition) is 5. The van der Waals surface area contributed by atoms with Gasteiger partial charge < -0.3 is 9.47 Å². The first kappa shape index (κ1) is 16.8. The van der Waals surface area contributed by atoms with E-state index in [2.05, 4.69) is 34.9 Å². The normalized spacial score (nSPS) is 18.0. The summed E-state index contributed by atoms with van der Waals surface area (Å²) in [5.74, 6) is 1.96. The summed E-state index contributed by atoms with van der Waals surface area (Å²) in [6, 6.07) is 4.04. The Morgan fingerprint density at radius 2 is 2.15 bits per heavy atom. The predicted octanol–water partition coefficient (Wildman–Crippen LogP) is 2.69. The number of hydrogen-bond donors (Lipinski definition) is 0. The van der Waals surface area contributed by atoms with Gasteiger partial charge >= 0.3 is 0 Å². The van der Waals surface area contributed by atoms with Crippen LogP contribution in [0.3, 0.4) is 0 Å². The zero-order valence-electron chi connectivity index (χ0n) is 15.5. The Balaban J connectivity index is 1.66. The van der Waals surface area contributed by atoms with Crippen LogP contribution in [0, 0.1) is 5.92 Å². The molecule has 1 aliphatic rings. The molecule has 0 bridgehead atoms. The lowest BCUT2D eigenvalue weighted by atomic mass is 9.93. The van der Waals surface area contributed by atoms with Crippen molar-refractivity contribution in [3.8, 4) is 0 Å². The second-order valence-corrected chi connectivity index (χ2v) is 7.31. The van der Waals surface area contributed by atoms with Gasteiger partial charge in [-0.1, -0.05) is 13.8 Å². The first-order valence-electron chi connectivity index (χ1n) is 9.15. The van der Waals surface area contributed by atoms with Crippen LogP contribution >= 0.6 is 0 Å². The summed E-state index contributed by atoms with van der Waals surface area (Å²) >= 11 is 0. The van der Waals surface area contributed by atoms with Crippen LogP contribution in [0.25, 0.3) is 5.65 Å². The number of anilines is 1. The highest BCUT2D eigenvalue weighted by molar-refractivity contribution is 5.95. The third-order valence-corrected chi connectivity index (χ3v) is 5.11. The maximum absolute atomic E-state index is 12.9. The van der Waals surface area contributed by atoms with Gasteiger partial charge in [0, 0.05) is 56.3 Å². The van der Waals surface area contributed by atoms with E-state index in [0.29, 0.717) is 18.3 Å². The number of nitrogens with zero attached hydrogens (tertiary/aromatic N) is 6. The molecule has 3 aromatic heterocycles. The van der Waals surface area contributed by atoms with Gasteiger partial charge in [0.1, 0.15) is 5.82 Å². The van der Waals surface area contributed by atoms with Crippen LogP contribution in [0.1, 0.15) is 48.9 Å². The highest BCUT2D eigenvalue weighted by Crippen LogP contribution is 2.27. The molecular weight excluding hydrogens is 328 g/mol. The molecule has 136 valence electrons. The smallest absolute Gasteiger partial charge is 0.203 e. The second kappa shape index (κ2) is 6.55. The van der Waals surface area contributed by atoms with Gasteiger partial charge in [0.2, 0.25) is 5.78 Å². The van der Waals surface area contributed by atoms with Crippen LogP contribution in [0.15, 0.2) is 30.7 Å².